The van der Waals surface area contributed by atoms with Crippen molar-refractivity contribution >= 4 is 5.97 Å². The maximum atomic E-state index is 11.2. The molecule has 0 aliphatic carbocycles. The van der Waals surface area contributed by atoms with Gasteiger partial charge >= 0.3 is 5.97 Å². The summed E-state index contributed by atoms with van der Waals surface area (Å²) in [6.45, 7) is 2.36. The Balaban J connectivity index is 2.61. The normalized spacial score (nSPS) is 14.0. The molecule has 1 rings (SSSR count). The minimum absolute atomic E-state index is 0.229. The number of carbonyl (C=O) groups is 1. The molecule has 4 N–H and O–H groups in total. The molecule has 0 saturated carbocycles. The van der Waals surface area contributed by atoms with E-state index >= 15 is 0 Å². The van der Waals surface area contributed by atoms with Crippen LogP contribution in [0, 0.1) is 0 Å². The number of aliphatic hydroxyl groups excluding tert-OH is 2. The van der Waals surface area contributed by atoms with Gasteiger partial charge in [0.1, 0.15) is 6.10 Å². The fraction of sp³-hybridized carbons (Fsp3) is 0.462. The highest BCUT2D eigenvalue weighted by Crippen LogP contribution is 2.19. The van der Waals surface area contributed by atoms with E-state index in [0.717, 1.165) is 5.56 Å². The Morgan fingerprint density at radius 2 is 1.94 bits per heavy atom. The number of aliphatic hydroxyl groups is 2. The van der Waals surface area contributed by atoms with Crippen molar-refractivity contribution in [3.05, 3.63) is 35.4 Å². The molecule has 0 heterocycles. The number of esters is 1. The summed E-state index contributed by atoms with van der Waals surface area (Å²) >= 11 is 0. The SMILES string of the molecule is CCOC(=O)CC(O)C(O)c1ccc(CN)cc1. The van der Waals surface area contributed by atoms with Crippen molar-refractivity contribution < 1.29 is 19.7 Å². The number of nitrogens with two attached hydrogens (primary N) is 1. The summed E-state index contributed by atoms with van der Waals surface area (Å²) in [7, 11) is 0. The molecule has 0 bridgehead atoms. The first-order valence-electron chi connectivity index (χ1n) is 5.89. The van der Waals surface area contributed by atoms with Crippen LogP contribution in [0.3, 0.4) is 0 Å². The largest absolute Gasteiger partial charge is 0.466 e. The second-order valence-electron chi connectivity index (χ2n) is 3.97. The van der Waals surface area contributed by atoms with E-state index in [1.807, 2.05) is 0 Å². The third kappa shape index (κ3) is 4.10. The van der Waals surface area contributed by atoms with Crippen LogP contribution in [0.5, 0.6) is 0 Å². The van der Waals surface area contributed by atoms with Gasteiger partial charge in [0.15, 0.2) is 0 Å². The molecule has 5 heteroatoms. The summed E-state index contributed by atoms with van der Waals surface area (Å²) in [5, 5.41) is 19.6. The molecule has 0 spiro atoms. The average Bonchev–Trinajstić information content (AvgIpc) is 2.38. The van der Waals surface area contributed by atoms with Crippen LogP contribution in [0.1, 0.15) is 30.6 Å². The molecule has 5 nitrogen and oxygen atoms in total. The summed E-state index contributed by atoms with van der Waals surface area (Å²) in [6, 6.07) is 6.91. The molecule has 0 amide bonds. The Kier molecular flexibility index (Phi) is 5.77. The lowest BCUT2D eigenvalue weighted by Gasteiger charge is -2.17. The predicted molar refractivity (Wildman–Crippen MR) is 66.6 cm³/mol. The van der Waals surface area contributed by atoms with Crippen LogP contribution in [0.25, 0.3) is 0 Å². The average molecular weight is 253 g/mol. The molecule has 0 saturated heterocycles. The van der Waals surface area contributed by atoms with E-state index in [2.05, 4.69) is 0 Å². The molecule has 100 valence electrons. The van der Waals surface area contributed by atoms with Gasteiger partial charge in [-0.15, -0.1) is 0 Å². The van der Waals surface area contributed by atoms with Crippen LogP contribution in [-0.4, -0.2) is 28.9 Å². The van der Waals surface area contributed by atoms with Crippen molar-refractivity contribution in [3.8, 4) is 0 Å². The van der Waals surface area contributed by atoms with Gasteiger partial charge in [-0.1, -0.05) is 24.3 Å². The Morgan fingerprint density at radius 1 is 1.33 bits per heavy atom. The molecule has 2 atom stereocenters. The molecular formula is C13H19NO4. The van der Waals surface area contributed by atoms with Crippen molar-refractivity contribution in [2.45, 2.75) is 32.1 Å². The molecule has 0 aliphatic rings. The smallest absolute Gasteiger partial charge is 0.308 e. The van der Waals surface area contributed by atoms with E-state index < -0.39 is 18.2 Å². The summed E-state index contributed by atoms with van der Waals surface area (Å²) in [5.41, 5.74) is 6.94. The van der Waals surface area contributed by atoms with Crippen LogP contribution in [-0.2, 0) is 16.1 Å². The fourth-order valence-corrected chi connectivity index (χ4v) is 1.58. The maximum Gasteiger partial charge on any atom is 0.308 e. The summed E-state index contributed by atoms with van der Waals surface area (Å²) in [4.78, 5) is 11.2. The Bertz CT molecular complexity index is 377. The Morgan fingerprint density at radius 3 is 2.44 bits per heavy atom. The van der Waals surface area contributed by atoms with Crippen molar-refractivity contribution in [2.24, 2.45) is 5.73 Å². The number of benzene rings is 1. The topological polar surface area (TPSA) is 92.8 Å². The van der Waals surface area contributed by atoms with Crippen molar-refractivity contribution in [3.63, 3.8) is 0 Å². The zero-order valence-electron chi connectivity index (χ0n) is 10.4. The maximum absolute atomic E-state index is 11.2. The number of ether oxygens (including phenoxy) is 1. The molecule has 0 aliphatic heterocycles. The van der Waals surface area contributed by atoms with Crippen LogP contribution in [0.2, 0.25) is 0 Å². The molecule has 1 aromatic rings. The standard InChI is InChI=1S/C13H19NO4/c1-2-18-12(16)7-11(15)13(17)10-5-3-9(8-14)4-6-10/h3-6,11,13,15,17H,2,7-8,14H2,1H3. The van der Waals surface area contributed by atoms with Crippen LogP contribution < -0.4 is 5.73 Å². The third-order valence-electron chi connectivity index (χ3n) is 2.60. The molecule has 18 heavy (non-hydrogen) atoms. The van der Waals surface area contributed by atoms with E-state index in [1.54, 1.807) is 31.2 Å². The molecule has 0 radical (unpaired) electrons. The Hall–Kier alpha value is -1.43. The second kappa shape index (κ2) is 7.10. The minimum atomic E-state index is -1.17. The van der Waals surface area contributed by atoms with E-state index in [1.165, 1.54) is 0 Å². The first-order chi connectivity index (χ1) is 8.58. The number of carbonyl (C=O) groups excluding carboxylic acids is 1. The summed E-state index contributed by atoms with van der Waals surface area (Å²) in [6.07, 6.45) is -2.51. The molecule has 0 aromatic heterocycles. The Labute approximate surface area is 106 Å². The van der Waals surface area contributed by atoms with Crippen molar-refractivity contribution in [2.75, 3.05) is 6.61 Å². The van der Waals surface area contributed by atoms with Crippen molar-refractivity contribution in [1.29, 1.82) is 0 Å². The number of hydrogen-bond acceptors (Lipinski definition) is 5. The summed E-state index contributed by atoms with van der Waals surface area (Å²) < 4.78 is 4.71. The van der Waals surface area contributed by atoms with Gasteiger partial charge in [-0.3, -0.25) is 4.79 Å². The highest BCUT2D eigenvalue weighted by atomic mass is 16.5. The van der Waals surface area contributed by atoms with Gasteiger partial charge in [0.2, 0.25) is 0 Å². The van der Waals surface area contributed by atoms with Crippen molar-refractivity contribution in [1.82, 2.24) is 0 Å². The van der Waals surface area contributed by atoms with E-state index in [-0.39, 0.29) is 13.0 Å². The van der Waals surface area contributed by atoms with E-state index in [9.17, 15) is 15.0 Å². The lowest BCUT2D eigenvalue weighted by atomic mass is 10.0. The van der Waals surface area contributed by atoms with Gasteiger partial charge in [0.25, 0.3) is 0 Å². The van der Waals surface area contributed by atoms with E-state index in [4.69, 9.17) is 10.5 Å². The molecule has 0 fully saturated rings. The second-order valence-corrected chi connectivity index (χ2v) is 3.97. The van der Waals surface area contributed by atoms with Gasteiger partial charge in [0, 0.05) is 6.54 Å². The van der Waals surface area contributed by atoms with Gasteiger partial charge in [-0.25, -0.2) is 0 Å². The highest BCUT2D eigenvalue weighted by Gasteiger charge is 2.21. The van der Waals surface area contributed by atoms with Crippen LogP contribution >= 0.6 is 0 Å². The first kappa shape index (κ1) is 14.6. The highest BCUT2D eigenvalue weighted by molar-refractivity contribution is 5.70. The molecular weight excluding hydrogens is 234 g/mol. The minimum Gasteiger partial charge on any atom is -0.466 e. The predicted octanol–water partition coefficient (Wildman–Crippen LogP) is 0.493. The zero-order chi connectivity index (χ0) is 13.5. The van der Waals surface area contributed by atoms with Crippen LogP contribution in [0.4, 0.5) is 0 Å². The number of hydrogen-bond donors (Lipinski definition) is 3. The fourth-order valence-electron chi connectivity index (χ4n) is 1.58. The van der Waals surface area contributed by atoms with E-state index in [0.29, 0.717) is 12.1 Å². The van der Waals surface area contributed by atoms with Gasteiger partial charge in [-0.05, 0) is 18.1 Å². The number of rotatable bonds is 6. The quantitative estimate of drug-likeness (QED) is 0.642. The molecule has 2 unspecified atom stereocenters. The van der Waals surface area contributed by atoms with Crippen LogP contribution in [0.15, 0.2) is 24.3 Å². The summed E-state index contributed by atoms with van der Waals surface area (Å²) in [5.74, 6) is -0.525. The lowest BCUT2D eigenvalue weighted by molar-refractivity contribution is -0.147. The lowest BCUT2D eigenvalue weighted by Crippen LogP contribution is -2.23. The van der Waals surface area contributed by atoms with Gasteiger partial charge in [0.05, 0.1) is 19.1 Å². The zero-order valence-corrected chi connectivity index (χ0v) is 10.4. The van der Waals surface area contributed by atoms with Gasteiger partial charge < -0.3 is 20.7 Å². The third-order valence-corrected chi connectivity index (χ3v) is 2.60. The monoisotopic (exact) mass is 253 g/mol. The molecule has 1 aromatic carbocycles. The first-order valence-corrected chi connectivity index (χ1v) is 5.89. The van der Waals surface area contributed by atoms with Gasteiger partial charge in [-0.2, -0.15) is 0 Å².